The van der Waals surface area contributed by atoms with Crippen LogP contribution >= 0.6 is 11.8 Å². The summed E-state index contributed by atoms with van der Waals surface area (Å²) in [5.74, 6) is -0.154. The van der Waals surface area contributed by atoms with E-state index in [9.17, 15) is 14.4 Å². The lowest BCUT2D eigenvalue weighted by Gasteiger charge is -2.17. The summed E-state index contributed by atoms with van der Waals surface area (Å²) in [4.78, 5) is 36.8. The largest absolute Gasteiger partial charge is 0.497 e. The van der Waals surface area contributed by atoms with E-state index in [2.05, 4.69) is 10.6 Å². The van der Waals surface area contributed by atoms with Crippen molar-refractivity contribution in [3.63, 3.8) is 0 Å². The van der Waals surface area contributed by atoms with Crippen LogP contribution in [0.3, 0.4) is 0 Å². The quantitative estimate of drug-likeness (QED) is 0.579. The fourth-order valence-electron chi connectivity index (χ4n) is 2.42. The first-order valence-electron chi connectivity index (χ1n) is 8.99. The zero-order valence-electron chi connectivity index (χ0n) is 16.3. The van der Waals surface area contributed by atoms with Crippen molar-refractivity contribution in [1.82, 2.24) is 5.32 Å². The number of hydrogen-bond donors (Lipinski definition) is 2. The molecule has 0 aliphatic carbocycles. The Labute approximate surface area is 174 Å². The van der Waals surface area contributed by atoms with E-state index in [0.29, 0.717) is 29.2 Å². The highest BCUT2D eigenvalue weighted by Crippen LogP contribution is 2.15. The van der Waals surface area contributed by atoms with Crippen LogP contribution in [0, 0.1) is 0 Å². The standard InChI is InChI=1S/C21H24N2O5S/c1-27-17-10-8-16(9-11-17)22-19(24)14-28-21(26)18(12-13-29-2)23-20(25)15-6-4-3-5-7-15/h3-11,18H,12-14H2,1-2H3,(H,22,24)(H,23,25). The molecule has 0 saturated heterocycles. The zero-order valence-corrected chi connectivity index (χ0v) is 17.2. The molecule has 29 heavy (non-hydrogen) atoms. The first kappa shape index (κ1) is 22.3. The topological polar surface area (TPSA) is 93.7 Å². The minimum absolute atomic E-state index is 0.365. The van der Waals surface area contributed by atoms with E-state index < -0.39 is 24.5 Å². The summed E-state index contributed by atoms with van der Waals surface area (Å²) >= 11 is 1.55. The number of carbonyl (C=O) groups excluding carboxylic acids is 3. The van der Waals surface area contributed by atoms with Gasteiger partial charge in [0.15, 0.2) is 6.61 Å². The van der Waals surface area contributed by atoms with Crippen LogP contribution in [0.25, 0.3) is 0 Å². The lowest BCUT2D eigenvalue weighted by molar-refractivity contribution is -0.149. The van der Waals surface area contributed by atoms with Crippen LogP contribution in [0.15, 0.2) is 54.6 Å². The molecule has 0 heterocycles. The van der Waals surface area contributed by atoms with E-state index in [-0.39, 0.29) is 5.91 Å². The average Bonchev–Trinajstić information content (AvgIpc) is 2.76. The number of ether oxygens (including phenoxy) is 2. The molecule has 8 heteroatoms. The number of carbonyl (C=O) groups is 3. The number of hydrogen-bond acceptors (Lipinski definition) is 6. The SMILES string of the molecule is COc1ccc(NC(=O)COC(=O)C(CCSC)NC(=O)c2ccccc2)cc1. The van der Waals surface area contributed by atoms with Crippen molar-refractivity contribution >= 4 is 35.2 Å². The highest BCUT2D eigenvalue weighted by Gasteiger charge is 2.23. The Hall–Kier alpha value is -3.00. The lowest BCUT2D eigenvalue weighted by Crippen LogP contribution is -2.43. The highest BCUT2D eigenvalue weighted by atomic mass is 32.2. The molecule has 1 unspecified atom stereocenters. The van der Waals surface area contributed by atoms with Gasteiger partial charge >= 0.3 is 5.97 Å². The summed E-state index contributed by atoms with van der Waals surface area (Å²) in [6.07, 6.45) is 2.31. The van der Waals surface area contributed by atoms with Crippen molar-refractivity contribution < 1.29 is 23.9 Å². The Kier molecular flexibility index (Phi) is 9.04. The van der Waals surface area contributed by atoms with Gasteiger partial charge in [0.1, 0.15) is 11.8 Å². The summed E-state index contributed by atoms with van der Waals surface area (Å²) in [6, 6.07) is 14.6. The maximum atomic E-state index is 12.4. The fraction of sp³-hybridized carbons (Fsp3) is 0.286. The molecule has 2 N–H and O–H groups in total. The van der Waals surface area contributed by atoms with Gasteiger partial charge < -0.3 is 20.1 Å². The molecule has 0 saturated carbocycles. The maximum Gasteiger partial charge on any atom is 0.329 e. The molecular weight excluding hydrogens is 392 g/mol. The molecule has 0 aliphatic heterocycles. The zero-order chi connectivity index (χ0) is 21.1. The van der Waals surface area contributed by atoms with Crippen molar-refractivity contribution in [3.05, 3.63) is 60.2 Å². The molecule has 2 rings (SSSR count). The van der Waals surface area contributed by atoms with Gasteiger partial charge in [0.25, 0.3) is 11.8 Å². The maximum absolute atomic E-state index is 12.4. The normalized spacial score (nSPS) is 11.2. The van der Waals surface area contributed by atoms with Gasteiger partial charge in [-0.3, -0.25) is 9.59 Å². The first-order chi connectivity index (χ1) is 14.0. The number of anilines is 1. The third-order valence-electron chi connectivity index (χ3n) is 3.96. The van der Waals surface area contributed by atoms with Crippen LogP contribution in [0.1, 0.15) is 16.8 Å². The van der Waals surface area contributed by atoms with Crippen LogP contribution in [0.4, 0.5) is 5.69 Å². The van der Waals surface area contributed by atoms with Gasteiger partial charge in [-0.15, -0.1) is 0 Å². The third kappa shape index (κ3) is 7.50. The van der Waals surface area contributed by atoms with E-state index in [4.69, 9.17) is 9.47 Å². The first-order valence-corrected chi connectivity index (χ1v) is 10.4. The van der Waals surface area contributed by atoms with E-state index in [1.165, 1.54) is 0 Å². The molecule has 0 fully saturated rings. The van der Waals surface area contributed by atoms with Crippen LogP contribution in [0.2, 0.25) is 0 Å². The smallest absolute Gasteiger partial charge is 0.329 e. The van der Waals surface area contributed by atoms with Crippen molar-refractivity contribution in [2.75, 3.05) is 31.0 Å². The van der Waals surface area contributed by atoms with Crippen LogP contribution in [-0.2, 0) is 14.3 Å². The minimum atomic E-state index is -0.830. The van der Waals surface area contributed by atoms with Gasteiger partial charge in [0, 0.05) is 11.3 Å². The van der Waals surface area contributed by atoms with Crippen molar-refractivity contribution in [2.24, 2.45) is 0 Å². The summed E-state index contributed by atoms with van der Waals surface area (Å²) in [6.45, 7) is -0.443. The fourth-order valence-corrected chi connectivity index (χ4v) is 2.90. The monoisotopic (exact) mass is 416 g/mol. The second-order valence-corrected chi connectivity index (χ2v) is 7.04. The van der Waals surface area contributed by atoms with Gasteiger partial charge in [-0.25, -0.2) is 4.79 Å². The number of nitrogens with one attached hydrogen (secondary N) is 2. The minimum Gasteiger partial charge on any atom is -0.497 e. The van der Waals surface area contributed by atoms with Crippen LogP contribution in [0.5, 0.6) is 5.75 Å². The Morgan fingerprint density at radius 3 is 2.34 bits per heavy atom. The number of thioether (sulfide) groups is 1. The van der Waals surface area contributed by atoms with E-state index >= 15 is 0 Å². The number of benzene rings is 2. The van der Waals surface area contributed by atoms with E-state index in [1.807, 2.05) is 6.26 Å². The summed E-state index contributed by atoms with van der Waals surface area (Å²) in [5, 5.41) is 5.32. The van der Waals surface area contributed by atoms with Gasteiger partial charge in [0.2, 0.25) is 0 Å². The molecule has 7 nitrogen and oxygen atoms in total. The Bertz CT molecular complexity index is 812. The van der Waals surface area contributed by atoms with Gasteiger partial charge in [-0.05, 0) is 54.8 Å². The molecular formula is C21H24N2O5S. The van der Waals surface area contributed by atoms with Crippen molar-refractivity contribution in [1.29, 1.82) is 0 Å². The van der Waals surface area contributed by atoms with E-state index in [0.717, 1.165) is 0 Å². The summed E-state index contributed by atoms with van der Waals surface area (Å²) < 4.78 is 10.2. The molecule has 0 bridgehead atoms. The molecule has 2 aromatic rings. The predicted molar refractivity (Wildman–Crippen MR) is 113 cm³/mol. The number of amides is 2. The number of rotatable bonds is 10. The second kappa shape index (κ2) is 11.8. The molecule has 0 aliphatic rings. The van der Waals surface area contributed by atoms with Crippen LogP contribution < -0.4 is 15.4 Å². The molecule has 0 spiro atoms. The molecule has 0 radical (unpaired) electrons. The van der Waals surface area contributed by atoms with Gasteiger partial charge in [0.05, 0.1) is 7.11 Å². The summed E-state index contributed by atoms with van der Waals surface area (Å²) in [7, 11) is 1.55. The average molecular weight is 416 g/mol. The molecule has 154 valence electrons. The Morgan fingerprint density at radius 1 is 1.03 bits per heavy atom. The third-order valence-corrected chi connectivity index (χ3v) is 4.60. The summed E-state index contributed by atoms with van der Waals surface area (Å²) in [5.41, 5.74) is 1.01. The van der Waals surface area contributed by atoms with Crippen LogP contribution in [-0.4, -0.2) is 49.6 Å². The number of methoxy groups -OCH3 is 1. The Morgan fingerprint density at radius 2 is 1.72 bits per heavy atom. The van der Waals surface area contributed by atoms with Gasteiger partial charge in [-0.1, -0.05) is 18.2 Å². The molecule has 1 atom stereocenters. The lowest BCUT2D eigenvalue weighted by atomic mass is 10.1. The second-order valence-electron chi connectivity index (χ2n) is 6.06. The van der Waals surface area contributed by atoms with E-state index in [1.54, 1.807) is 73.5 Å². The van der Waals surface area contributed by atoms with Crippen molar-refractivity contribution in [2.45, 2.75) is 12.5 Å². The highest BCUT2D eigenvalue weighted by molar-refractivity contribution is 7.98. The van der Waals surface area contributed by atoms with Crippen molar-refractivity contribution in [3.8, 4) is 5.75 Å². The van der Waals surface area contributed by atoms with Gasteiger partial charge in [-0.2, -0.15) is 11.8 Å². The Balaban J connectivity index is 1.89. The number of esters is 1. The molecule has 0 aromatic heterocycles. The molecule has 2 aromatic carbocycles. The molecule has 2 amide bonds. The predicted octanol–water partition coefficient (Wildman–Crippen LogP) is 2.73.